The number of halogens is 1. The summed E-state index contributed by atoms with van der Waals surface area (Å²) in [5, 5.41) is 12.7. The smallest absolute Gasteiger partial charge is 0.0821 e. The zero-order valence-electron chi connectivity index (χ0n) is 10.2. The van der Waals surface area contributed by atoms with E-state index in [9.17, 15) is 5.11 Å². The first-order valence-electron chi connectivity index (χ1n) is 6.00. The Morgan fingerprint density at radius 2 is 1.76 bits per heavy atom. The minimum atomic E-state index is -0.391. The third-order valence-electron chi connectivity index (χ3n) is 3.41. The molecule has 2 heteroatoms. The first kappa shape index (κ1) is 12.6. The molecule has 2 aromatic rings. The molecule has 1 N–H and O–H groups in total. The quantitative estimate of drug-likeness (QED) is 0.871. The Morgan fingerprint density at radius 1 is 1.12 bits per heavy atom. The number of aliphatic hydroxyl groups is 1. The highest BCUT2D eigenvalue weighted by molar-refractivity contribution is 9.10. The van der Waals surface area contributed by atoms with Gasteiger partial charge in [0.25, 0.3) is 0 Å². The molecule has 0 aliphatic rings. The lowest BCUT2D eigenvalue weighted by Gasteiger charge is -2.19. The molecule has 17 heavy (non-hydrogen) atoms. The molecule has 0 radical (unpaired) electrons. The van der Waals surface area contributed by atoms with Gasteiger partial charge in [0.15, 0.2) is 0 Å². The number of aliphatic hydroxyl groups excluding tert-OH is 1. The highest BCUT2D eigenvalue weighted by Gasteiger charge is 2.17. The van der Waals surface area contributed by atoms with Crippen LogP contribution in [0.25, 0.3) is 10.8 Å². The van der Waals surface area contributed by atoms with Gasteiger partial charge in [-0.2, -0.15) is 0 Å². The minimum Gasteiger partial charge on any atom is -0.388 e. The second-order valence-electron chi connectivity index (χ2n) is 4.51. The van der Waals surface area contributed by atoms with E-state index in [1.54, 1.807) is 0 Å². The van der Waals surface area contributed by atoms with Gasteiger partial charge in [-0.25, -0.2) is 0 Å². The molecule has 2 rings (SSSR count). The first-order valence-corrected chi connectivity index (χ1v) is 6.79. The van der Waals surface area contributed by atoms with Gasteiger partial charge >= 0.3 is 0 Å². The van der Waals surface area contributed by atoms with Crippen LogP contribution in [0.15, 0.2) is 40.9 Å². The van der Waals surface area contributed by atoms with E-state index in [-0.39, 0.29) is 5.92 Å². The number of benzene rings is 2. The molecule has 2 atom stereocenters. The Bertz CT molecular complexity index is 521. The van der Waals surface area contributed by atoms with E-state index in [0.29, 0.717) is 0 Å². The molecule has 0 aromatic heterocycles. The van der Waals surface area contributed by atoms with Crippen molar-refractivity contribution in [1.82, 2.24) is 0 Å². The summed E-state index contributed by atoms with van der Waals surface area (Å²) < 4.78 is 1.08. The monoisotopic (exact) mass is 292 g/mol. The Kier molecular flexibility index (Phi) is 3.85. The molecule has 0 aliphatic carbocycles. The van der Waals surface area contributed by atoms with Gasteiger partial charge in [-0.05, 0) is 28.3 Å². The molecule has 2 aromatic carbocycles. The van der Waals surface area contributed by atoms with E-state index in [1.165, 1.54) is 0 Å². The summed E-state index contributed by atoms with van der Waals surface area (Å²) in [5.74, 6) is 0.277. The van der Waals surface area contributed by atoms with Crippen LogP contribution in [0.2, 0.25) is 0 Å². The van der Waals surface area contributed by atoms with Crippen molar-refractivity contribution >= 4 is 26.7 Å². The lowest BCUT2D eigenvalue weighted by atomic mass is 9.91. The molecule has 0 saturated heterocycles. The Morgan fingerprint density at radius 3 is 2.41 bits per heavy atom. The van der Waals surface area contributed by atoms with Crippen LogP contribution in [0.4, 0.5) is 0 Å². The summed E-state index contributed by atoms with van der Waals surface area (Å²) in [6.07, 6.45) is 0.587. The Hall–Kier alpha value is -0.860. The third kappa shape index (κ3) is 2.38. The van der Waals surface area contributed by atoms with E-state index in [4.69, 9.17) is 0 Å². The van der Waals surface area contributed by atoms with E-state index in [1.807, 2.05) is 24.3 Å². The topological polar surface area (TPSA) is 20.2 Å². The van der Waals surface area contributed by atoms with E-state index < -0.39 is 6.10 Å². The molecule has 0 bridgehead atoms. The number of hydrogen-bond donors (Lipinski definition) is 1. The number of rotatable bonds is 3. The van der Waals surface area contributed by atoms with E-state index in [2.05, 4.69) is 41.9 Å². The van der Waals surface area contributed by atoms with Gasteiger partial charge in [0.1, 0.15) is 0 Å². The van der Waals surface area contributed by atoms with Crippen molar-refractivity contribution < 1.29 is 5.11 Å². The fourth-order valence-corrected chi connectivity index (χ4v) is 2.55. The van der Waals surface area contributed by atoms with Gasteiger partial charge in [0, 0.05) is 4.47 Å². The van der Waals surface area contributed by atoms with Crippen LogP contribution >= 0.6 is 15.9 Å². The summed E-state index contributed by atoms with van der Waals surface area (Å²) >= 11 is 3.55. The normalized spacial score (nSPS) is 14.8. The molecule has 0 saturated carbocycles. The molecule has 1 nitrogen and oxygen atoms in total. The van der Waals surface area contributed by atoms with Gasteiger partial charge in [0.2, 0.25) is 0 Å². The SMILES string of the molecule is CCC(C)C(O)c1ccc(Br)c2ccccc12. The molecule has 0 aliphatic heterocycles. The molecular formula is C15H17BrO. The van der Waals surface area contributed by atoms with Crippen LogP contribution < -0.4 is 0 Å². The maximum atomic E-state index is 10.4. The first-order chi connectivity index (χ1) is 8.15. The Balaban J connectivity index is 2.59. The van der Waals surface area contributed by atoms with Crippen LogP contribution in [0.3, 0.4) is 0 Å². The van der Waals surface area contributed by atoms with E-state index in [0.717, 1.165) is 27.2 Å². The van der Waals surface area contributed by atoms with E-state index >= 15 is 0 Å². The predicted octanol–water partition coefficient (Wildman–Crippen LogP) is 4.68. The second kappa shape index (κ2) is 5.19. The average Bonchev–Trinajstić information content (AvgIpc) is 2.38. The van der Waals surface area contributed by atoms with Crippen molar-refractivity contribution in [3.05, 3.63) is 46.4 Å². The molecule has 90 valence electrons. The van der Waals surface area contributed by atoms with Crippen LogP contribution in [0.5, 0.6) is 0 Å². The summed E-state index contributed by atoms with van der Waals surface area (Å²) in [4.78, 5) is 0. The minimum absolute atomic E-state index is 0.277. The standard InChI is InChI=1S/C15H17BrO/c1-3-10(2)15(17)13-8-9-14(16)12-7-5-4-6-11(12)13/h4-10,15,17H,3H2,1-2H3. The summed E-state index contributed by atoms with van der Waals surface area (Å²) in [7, 11) is 0. The number of fused-ring (bicyclic) bond motifs is 1. The van der Waals surface area contributed by atoms with Gasteiger partial charge in [-0.15, -0.1) is 0 Å². The zero-order valence-corrected chi connectivity index (χ0v) is 11.7. The maximum absolute atomic E-state index is 10.4. The van der Waals surface area contributed by atoms with Gasteiger partial charge in [0.05, 0.1) is 6.10 Å². The van der Waals surface area contributed by atoms with Gasteiger partial charge in [-0.3, -0.25) is 0 Å². The summed E-state index contributed by atoms with van der Waals surface area (Å²) in [6.45, 7) is 4.19. The number of hydrogen-bond acceptors (Lipinski definition) is 1. The van der Waals surface area contributed by atoms with Gasteiger partial charge in [-0.1, -0.05) is 66.5 Å². The van der Waals surface area contributed by atoms with Crippen molar-refractivity contribution in [2.24, 2.45) is 5.92 Å². The fraction of sp³-hybridized carbons (Fsp3) is 0.333. The molecule has 0 spiro atoms. The van der Waals surface area contributed by atoms with Crippen molar-refractivity contribution in [3.63, 3.8) is 0 Å². The van der Waals surface area contributed by atoms with Crippen molar-refractivity contribution in [2.75, 3.05) is 0 Å². The van der Waals surface area contributed by atoms with Crippen molar-refractivity contribution in [1.29, 1.82) is 0 Å². The van der Waals surface area contributed by atoms with Gasteiger partial charge < -0.3 is 5.11 Å². The highest BCUT2D eigenvalue weighted by atomic mass is 79.9. The second-order valence-corrected chi connectivity index (χ2v) is 5.37. The molecule has 0 heterocycles. The summed E-state index contributed by atoms with van der Waals surface area (Å²) in [6, 6.07) is 12.2. The summed E-state index contributed by atoms with van der Waals surface area (Å²) in [5.41, 5.74) is 1.03. The average molecular weight is 293 g/mol. The molecule has 0 fully saturated rings. The van der Waals surface area contributed by atoms with Crippen molar-refractivity contribution in [3.8, 4) is 0 Å². The third-order valence-corrected chi connectivity index (χ3v) is 4.10. The fourth-order valence-electron chi connectivity index (χ4n) is 2.07. The molecular weight excluding hydrogens is 276 g/mol. The van der Waals surface area contributed by atoms with Crippen LogP contribution in [0, 0.1) is 5.92 Å². The largest absolute Gasteiger partial charge is 0.388 e. The Labute approximate surface area is 111 Å². The highest BCUT2D eigenvalue weighted by Crippen LogP contribution is 2.33. The molecule has 2 unspecified atom stereocenters. The van der Waals surface area contributed by atoms with Crippen LogP contribution in [0.1, 0.15) is 31.9 Å². The lowest BCUT2D eigenvalue weighted by Crippen LogP contribution is -2.08. The van der Waals surface area contributed by atoms with Crippen molar-refractivity contribution in [2.45, 2.75) is 26.4 Å². The zero-order chi connectivity index (χ0) is 12.4. The van der Waals surface area contributed by atoms with Crippen LogP contribution in [-0.4, -0.2) is 5.11 Å². The predicted molar refractivity (Wildman–Crippen MR) is 76.1 cm³/mol. The maximum Gasteiger partial charge on any atom is 0.0821 e. The van der Waals surface area contributed by atoms with Crippen LogP contribution in [-0.2, 0) is 0 Å². The lowest BCUT2D eigenvalue weighted by molar-refractivity contribution is 0.117. The molecule has 0 amide bonds.